The van der Waals surface area contributed by atoms with E-state index >= 15 is 0 Å². The van der Waals surface area contributed by atoms with Crippen LogP contribution in [0.15, 0.2) is 12.2 Å². The van der Waals surface area contributed by atoms with Crippen LogP contribution in [0.25, 0.3) is 0 Å². The molecule has 1 saturated carbocycles. The molecule has 0 aromatic rings. The molecule has 0 aliphatic heterocycles. The van der Waals surface area contributed by atoms with Crippen LogP contribution in [0.5, 0.6) is 0 Å². The first-order valence-corrected chi connectivity index (χ1v) is 2.81. The number of rotatable bonds is 1. The second kappa shape index (κ2) is 1.15. The van der Waals surface area contributed by atoms with Crippen LogP contribution in [0.1, 0.15) is 19.8 Å². The molecule has 0 amide bonds. The third-order valence-corrected chi connectivity index (χ3v) is 2.03. The molecule has 7 heavy (non-hydrogen) atoms. The van der Waals surface area contributed by atoms with Crippen LogP contribution in [0, 0.1) is 0 Å². The molecule has 0 unspecified atom stereocenters. The molecule has 0 heterocycles. The van der Waals surface area contributed by atoms with E-state index in [0.29, 0.717) is 5.31 Å². The first-order chi connectivity index (χ1) is 3.15. The Labute approximate surface area is 46.0 Å². The van der Waals surface area contributed by atoms with Gasteiger partial charge in [-0.1, -0.05) is 18.4 Å². The minimum absolute atomic E-state index is 0.556. The van der Waals surface area contributed by atoms with Crippen molar-refractivity contribution in [3.63, 3.8) is 0 Å². The van der Waals surface area contributed by atoms with E-state index in [9.17, 15) is 0 Å². The van der Waals surface area contributed by atoms with Gasteiger partial charge in [0, 0.05) is 0 Å². The highest BCUT2D eigenvalue weighted by Crippen LogP contribution is 2.55. The Bertz CT molecular complexity index is 101. The smallest absolute Gasteiger partial charge is 0.100 e. The van der Waals surface area contributed by atoms with Crippen LogP contribution in [-0.4, -0.2) is 7.85 Å². The Kier molecular flexibility index (Phi) is 0.812. The number of allylic oxidation sites excluding steroid dienone is 1. The summed E-state index contributed by atoms with van der Waals surface area (Å²) in [5.74, 6) is 0. The topological polar surface area (TPSA) is 0 Å². The molecule has 0 aromatic carbocycles. The summed E-state index contributed by atoms with van der Waals surface area (Å²) >= 11 is 0. The summed E-state index contributed by atoms with van der Waals surface area (Å²) in [5, 5.41) is 0.556. The summed E-state index contributed by atoms with van der Waals surface area (Å²) in [7, 11) is 2.27. The third kappa shape index (κ3) is 0.720. The minimum Gasteiger partial charge on any atom is -0.100 e. The average molecular weight is 94.0 g/mol. The Morgan fingerprint density at radius 2 is 2.14 bits per heavy atom. The third-order valence-electron chi connectivity index (χ3n) is 2.03. The summed E-state index contributed by atoms with van der Waals surface area (Å²) in [6.07, 6.45) is 2.73. The fraction of sp³-hybridized carbons (Fsp3) is 0.667. The van der Waals surface area contributed by atoms with Crippen molar-refractivity contribution in [1.29, 1.82) is 0 Å². The second-order valence-electron chi connectivity index (χ2n) is 2.84. The lowest BCUT2D eigenvalue weighted by Crippen LogP contribution is -1.88. The maximum absolute atomic E-state index is 3.89. The van der Waals surface area contributed by atoms with Crippen LogP contribution >= 0.6 is 0 Å². The molecule has 1 heteroatoms. The standard InChI is InChI=1S/C6H11B/c1-5(2)6(7)3-4-6/h1,3-4,7H2,2H3. The van der Waals surface area contributed by atoms with Crippen LogP contribution < -0.4 is 0 Å². The van der Waals surface area contributed by atoms with Crippen LogP contribution in [0.4, 0.5) is 0 Å². The summed E-state index contributed by atoms with van der Waals surface area (Å²) < 4.78 is 0. The van der Waals surface area contributed by atoms with Crippen molar-refractivity contribution in [1.82, 2.24) is 0 Å². The van der Waals surface area contributed by atoms with E-state index in [2.05, 4.69) is 21.3 Å². The minimum atomic E-state index is 0.556. The largest absolute Gasteiger partial charge is 0.114 e. The lowest BCUT2D eigenvalue weighted by atomic mass is 9.78. The van der Waals surface area contributed by atoms with Gasteiger partial charge in [-0.25, -0.2) is 0 Å². The van der Waals surface area contributed by atoms with E-state index in [1.165, 1.54) is 18.4 Å². The highest BCUT2D eigenvalue weighted by atomic mass is 14.4. The first kappa shape index (κ1) is 4.95. The van der Waals surface area contributed by atoms with Crippen LogP contribution in [0.2, 0.25) is 5.31 Å². The van der Waals surface area contributed by atoms with Gasteiger partial charge in [0.2, 0.25) is 0 Å². The van der Waals surface area contributed by atoms with Gasteiger partial charge in [0.15, 0.2) is 0 Å². The quantitative estimate of drug-likeness (QED) is 0.337. The van der Waals surface area contributed by atoms with E-state index in [4.69, 9.17) is 0 Å². The maximum Gasteiger partial charge on any atom is 0.114 e. The normalized spacial score (nSPS) is 24.1. The van der Waals surface area contributed by atoms with Crippen molar-refractivity contribution in [2.75, 3.05) is 0 Å². The molecule has 1 aliphatic rings. The van der Waals surface area contributed by atoms with Crippen LogP contribution in [-0.2, 0) is 0 Å². The lowest BCUT2D eigenvalue weighted by Gasteiger charge is -2.03. The van der Waals surface area contributed by atoms with Gasteiger partial charge in [0.05, 0.1) is 0 Å². The summed E-state index contributed by atoms with van der Waals surface area (Å²) in [4.78, 5) is 0. The molecule has 0 radical (unpaired) electrons. The fourth-order valence-corrected chi connectivity index (χ4v) is 0.614. The fourth-order valence-electron chi connectivity index (χ4n) is 0.614. The van der Waals surface area contributed by atoms with E-state index in [1.807, 2.05) is 0 Å². The van der Waals surface area contributed by atoms with Gasteiger partial charge in [-0.15, -0.1) is 6.58 Å². The Hall–Kier alpha value is -0.195. The van der Waals surface area contributed by atoms with Crippen molar-refractivity contribution in [3.8, 4) is 0 Å². The highest BCUT2D eigenvalue weighted by Gasteiger charge is 2.37. The van der Waals surface area contributed by atoms with Gasteiger partial charge in [0.1, 0.15) is 7.85 Å². The molecule has 1 fully saturated rings. The summed E-state index contributed by atoms with van der Waals surface area (Å²) in [6, 6.07) is 0. The van der Waals surface area contributed by atoms with Crippen molar-refractivity contribution in [2.24, 2.45) is 0 Å². The molecular weight excluding hydrogens is 82.9 g/mol. The first-order valence-electron chi connectivity index (χ1n) is 2.81. The van der Waals surface area contributed by atoms with Gasteiger partial charge >= 0.3 is 0 Å². The molecule has 0 aromatic heterocycles. The van der Waals surface area contributed by atoms with Gasteiger partial charge in [-0.05, 0) is 12.2 Å². The molecule has 1 rings (SSSR count). The zero-order valence-electron chi connectivity index (χ0n) is 5.12. The molecule has 1 aliphatic carbocycles. The molecule has 0 spiro atoms. The second-order valence-corrected chi connectivity index (χ2v) is 2.84. The predicted octanol–water partition coefficient (Wildman–Crippen LogP) is 1.15. The average Bonchev–Trinajstić information content (AvgIpc) is 2.21. The SMILES string of the molecule is BC1(C(=C)C)CC1. The predicted molar refractivity (Wildman–Crippen MR) is 35.3 cm³/mol. The molecule has 0 saturated heterocycles. The van der Waals surface area contributed by atoms with E-state index in [1.54, 1.807) is 0 Å². The molecule has 0 nitrogen and oxygen atoms in total. The van der Waals surface area contributed by atoms with E-state index in [-0.39, 0.29) is 0 Å². The maximum atomic E-state index is 3.89. The zero-order valence-corrected chi connectivity index (χ0v) is 5.12. The van der Waals surface area contributed by atoms with Gasteiger partial charge in [0.25, 0.3) is 0 Å². The summed E-state index contributed by atoms with van der Waals surface area (Å²) in [5.41, 5.74) is 1.35. The van der Waals surface area contributed by atoms with Gasteiger partial charge < -0.3 is 0 Å². The van der Waals surface area contributed by atoms with E-state index < -0.39 is 0 Å². The highest BCUT2D eigenvalue weighted by molar-refractivity contribution is 6.19. The monoisotopic (exact) mass is 94.1 g/mol. The molecule has 0 N–H and O–H groups in total. The van der Waals surface area contributed by atoms with Crippen molar-refractivity contribution in [2.45, 2.75) is 25.1 Å². The van der Waals surface area contributed by atoms with Crippen molar-refractivity contribution >= 4 is 7.85 Å². The number of hydrogen-bond donors (Lipinski definition) is 0. The molecule has 38 valence electrons. The van der Waals surface area contributed by atoms with Crippen molar-refractivity contribution < 1.29 is 0 Å². The lowest BCUT2D eigenvalue weighted by molar-refractivity contribution is 1.04. The molecular formula is C6H11B. The van der Waals surface area contributed by atoms with E-state index in [0.717, 1.165) is 0 Å². The molecule has 0 atom stereocenters. The Balaban J connectivity index is 2.55. The van der Waals surface area contributed by atoms with Gasteiger partial charge in [-0.2, -0.15) is 0 Å². The summed E-state index contributed by atoms with van der Waals surface area (Å²) in [6.45, 7) is 6.01. The van der Waals surface area contributed by atoms with Crippen molar-refractivity contribution in [3.05, 3.63) is 12.2 Å². The Morgan fingerprint density at radius 3 is 2.14 bits per heavy atom. The zero-order chi connectivity index (χ0) is 5.49. The van der Waals surface area contributed by atoms with Gasteiger partial charge in [-0.3, -0.25) is 0 Å². The molecule has 0 bridgehead atoms. The Morgan fingerprint density at radius 1 is 1.71 bits per heavy atom. The van der Waals surface area contributed by atoms with Crippen LogP contribution in [0.3, 0.4) is 0 Å². The number of hydrogen-bond acceptors (Lipinski definition) is 0.